The van der Waals surface area contributed by atoms with Crippen molar-refractivity contribution in [3.05, 3.63) is 65.7 Å². The summed E-state index contributed by atoms with van der Waals surface area (Å²) in [4.78, 5) is 36.1. The van der Waals surface area contributed by atoms with Gasteiger partial charge in [0.2, 0.25) is 5.91 Å². The number of carbonyl (C=O) groups excluding carboxylic acids is 3. The van der Waals surface area contributed by atoms with Crippen LogP contribution in [0.25, 0.3) is 6.08 Å². The lowest BCUT2D eigenvalue weighted by atomic mass is 10.2. The maximum atomic E-state index is 12.1. The highest BCUT2D eigenvalue weighted by atomic mass is 32.2. The van der Waals surface area contributed by atoms with Crippen LogP contribution in [-0.4, -0.2) is 30.1 Å². The Morgan fingerprint density at radius 2 is 1.70 bits per heavy atom. The Labute approximate surface area is 161 Å². The first-order valence-corrected chi connectivity index (χ1v) is 9.35. The van der Waals surface area contributed by atoms with Crippen LogP contribution in [0.4, 0.5) is 5.69 Å². The van der Waals surface area contributed by atoms with E-state index in [1.165, 1.54) is 25.1 Å². The maximum absolute atomic E-state index is 12.1. The topological polar surface area (TPSA) is 98.5 Å². The van der Waals surface area contributed by atoms with E-state index in [-0.39, 0.29) is 0 Å². The molecule has 0 spiro atoms. The van der Waals surface area contributed by atoms with Crippen molar-refractivity contribution in [1.82, 2.24) is 0 Å². The molecule has 140 valence electrons. The summed E-state index contributed by atoms with van der Waals surface area (Å²) in [5.74, 6) is -1.64. The summed E-state index contributed by atoms with van der Waals surface area (Å²) < 4.78 is 5.10. The van der Waals surface area contributed by atoms with Gasteiger partial charge in [0.25, 0.3) is 5.91 Å². The van der Waals surface area contributed by atoms with E-state index in [9.17, 15) is 14.4 Å². The van der Waals surface area contributed by atoms with Crippen molar-refractivity contribution in [2.24, 2.45) is 5.73 Å². The van der Waals surface area contributed by atoms with E-state index in [0.29, 0.717) is 11.3 Å². The van der Waals surface area contributed by atoms with Gasteiger partial charge in [-0.1, -0.05) is 12.1 Å². The standard InChI is InChI=1S/C20H20N2O4S/c1-13(20(25)22-16-8-6-15(7-9-16)19(21)24)26-18(23)12-5-14-3-10-17(27-2)11-4-14/h3-13H,1-2H3,(H2,21,24)(H,22,25)/b12-5+/t13-/m0/s1. The molecular weight excluding hydrogens is 364 g/mol. The third kappa shape index (κ3) is 6.31. The fourth-order valence-electron chi connectivity index (χ4n) is 2.11. The first-order chi connectivity index (χ1) is 12.9. The van der Waals surface area contributed by atoms with Gasteiger partial charge in [-0.15, -0.1) is 11.8 Å². The smallest absolute Gasteiger partial charge is 0.331 e. The summed E-state index contributed by atoms with van der Waals surface area (Å²) in [6.07, 6.45) is 3.91. The Morgan fingerprint density at radius 3 is 2.26 bits per heavy atom. The Hall–Kier alpha value is -3.06. The SMILES string of the molecule is CSc1ccc(/C=C/C(=O)O[C@@H](C)C(=O)Nc2ccc(C(N)=O)cc2)cc1. The number of ether oxygens (including phenoxy) is 1. The van der Waals surface area contributed by atoms with Crippen LogP contribution in [0.3, 0.4) is 0 Å². The van der Waals surface area contributed by atoms with Crippen molar-refractivity contribution in [3.63, 3.8) is 0 Å². The lowest BCUT2D eigenvalue weighted by Gasteiger charge is -2.12. The summed E-state index contributed by atoms with van der Waals surface area (Å²) in [6, 6.07) is 13.8. The first-order valence-electron chi connectivity index (χ1n) is 8.12. The Bertz CT molecular complexity index is 845. The average Bonchev–Trinajstić information content (AvgIpc) is 2.67. The van der Waals surface area contributed by atoms with Crippen LogP contribution in [0.15, 0.2) is 59.5 Å². The number of nitrogens with one attached hydrogen (secondary N) is 1. The van der Waals surface area contributed by atoms with E-state index in [4.69, 9.17) is 10.5 Å². The van der Waals surface area contributed by atoms with Crippen molar-refractivity contribution >= 4 is 41.3 Å². The van der Waals surface area contributed by atoms with Gasteiger partial charge in [-0.2, -0.15) is 0 Å². The highest BCUT2D eigenvalue weighted by Crippen LogP contribution is 2.15. The number of benzene rings is 2. The molecule has 0 unspecified atom stereocenters. The van der Waals surface area contributed by atoms with Crippen LogP contribution in [0.2, 0.25) is 0 Å². The van der Waals surface area contributed by atoms with Gasteiger partial charge in [-0.3, -0.25) is 9.59 Å². The van der Waals surface area contributed by atoms with Crippen LogP contribution in [-0.2, 0) is 14.3 Å². The van der Waals surface area contributed by atoms with E-state index in [1.54, 1.807) is 30.0 Å². The summed E-state index contributed by atoms with van der Waals surface area (Å²) in [5.41, 5.74) is 6.83. The summed E-state index contributed by atoms with van der Waals surface area (Å²) in [6.45, 7) is 1.48. The summed E-state index contributed by atoms with van der Waals surface area (Å²) in [5, 5.41) is 2.60. The highest BCUT2D eigenvalue weighted by molar-refractivity contribution is 7.98. The monoisotopic (exact) mass is 384 g/mol. The molecule has 2 aromatic rings. The largest absolute Gasteiger partial charge is 0.449 e. The molecule has 2 rings (SSSR count). The quantitative estimate of drug-likeness (QED) is 0.434. The van der Waals surface area contributed by atoms with Gasteiger partial charge in [-0.05, 0) is 61.2 Å². The molecule has 27 heavy (non-hydrogen) atoms. The molecular formula is C20H20N2O4S. The number of hydrogen-bond acceptors (Lipinski definition) is 5. The lowest BCUT2D eigenvalue weighted by molar-refractivity contribution is -0.148. The molecule has 6 nitrogen and oxygen atoms in total. The van der Waals surface area contributed by atoms with Crippen LogP contribution in [0, 0.1) is 0 Å². The number of nitrogens with two attached hydrogens (primary N) is 1. The molecule has 0 aliphatic heterocycles. The van der Waals surface area contributed by atoms with Crippen molar-refractivity contribution < 1.29 is 19.1 Å². The van der Waals surface area contributed by atoms with E-state index in [1.807, 2.05) is 30.5 Å². The van der Waals surface area contributed by atoms with Gasteiger partial charge < -0.3 is 15.8 Å². The third-order valence-electron chi connectivity index (χ3n) is 3.63. The summed E-state index contributed by atoms with van der Waals surface area (Å²) in [7, 11) is 0. The van der Waals surface area contributed by atoms with Gasteiger partial charge in [0.15, 0.2) is 6.10 Å². The second-order valence-electron chi connectivity index (χ2n) is 5.62. The molecule has 7 heteroatoms. The number of amides is 2. The molecule has 0 saturated heterocycles. The zero-order valence-electron chi connectivity index (χ0n) is 15.0. The number of thioether (sulfide) groups is 1. The van der Waals surface area contributed by atoms with Crippen molar-refractivity contribution in [2.45, 2.75) is 17.9 Å². The predicted molar refractivity (Wildman–Crippen MR) is 106 cm³/mol. The van der Waals surface area contributed by atoms with Gasteiger partial charge >= 0.3 is 5.97 Å². The molecule has 1 atom stereocenters. The van der Waals surface area contributed by atoms with Crippen LogP contribution >= 0.6 is 11.8 Å². The number of rotatable bonds is 7. The normalized spacial score (nSPS) is 11.8. The second-order valence-corrected chi connectivity index (χ2v) is 6.50. The predicted octanol–water partition coefficient (Wildman–Crippen LogP) is 3.09. The molecule has 2 aromatic carbocycles. The average molecular weight is 384 g/mol. The number of anilines is 1. The van der Waals surface area contributed by atoms with Gasteiger partial charge in [0.05, 0.1) is 0 Å². The number of primary amides is 1. The molecule has 0 aliphatic carbocycles. The summed E-state index contributed by atoms with van der Waals surface area (Å²) >= 11 is 1.63. The Kier molecular flexibility index (Phi) is 7.19. The molecule has 0 bridgehead atoms. The molecule has 0 heterocycles. The van der Waals surface area contributed by atoms with E-state index in [2.05, 4.69) is 5.32 Å². The Morgan fingerprint density at radius 1 is 1.07 bits per heavy atom. The number of esters is 1. The fraction of sp³-hybridized carbons (Fsp3) is 0.150. The van der Waals surface area contributed by atoms with Crippen molar-refractivity contribution in [1.29, 1.82) is 0 Å². The molecule has 0 saturated carbocycles. The highest BCUT2D eigenvalue weighted by Gasteiger charge is 2.16. The zero-order valence-corrected chi connectivity index (χ0v) is 15.8. The maximum Gasteiger partial charge on any atom is 0.331 e. The van der Waals surface area contributed by atoms with E-state index < -0.39 is 23.9 Å². The number of carbonyl (C=O) groups is 3. The van der Waals surface area contributed by atoms with Crippen LogP contribution in [0.5, 0.6) is 0 Å². The fourth-order valence-corrected chi connectivity index (χ4v) is 2.52. The molecule has 0 aromatic heterocycles. The van der Waals surface area contributed by atoms with Crippen LogP contribution < -0.4 is 11.1 Å². The zero-order chi connectivity index (χ0) is 19.8. The van der Waals surface area contributed by atoms with E-state index in [0.717, 1.165) is 10.5 Å². The molecule has 3 N–H and O–H groups in total. The van der Waals surface area contributed by atoms with Crippen LogP contribution in [0.1, 0.15) is 22.8 Å². The Balaban J connectivity index is 1.87. The van der Waals surface area contributed by atoms with Crippen molar-refractivity contribution in [2.75, 3.05) is 11.6 Å². The van der Waals surface area contributed by atoms with Gasteiger partial charge in [-0.25, -0.2) is 4.79 Å². The minimum atomic E-state index is -0.975. The second kappa shape index (κ2) is 9.59. The molecule has 2 amide bonds. The van der Waals surface area contributed by atoms with Gasteiger partial charge in [0.1, 0.15) is 0 Å². The molecule has 0 fully saturated rings. The van der Waals surface area contributed by atoms with Crippen molar-refractivity contribution in [3.8, 4) is 0 Å². The van der Waals surface area contributed by atoms with Gasteiger partial charge in [0, 0.05) is 22.2 Å². The lowest BCUT2D eigenvalue weighted by Crippen LogP contribution is -2.29. The third-order valence-corrected chi connectivity index (χ3v) is 4.37. The first kappa shape index (κ1) is 20.3. The minimum Gasteiger partial charge on any atom is -0.449 e. The molecule has 0 aliphatic rings. The van der Waals surface area contributed by atoms with E-state index >= 15 is 0 Å². The number of hydrogen-bond donors (Lipinski definition) is 2. The minimum absolute atomic E-state index is 0.336. The molecule has 0 radical (unpaired) electrons.